The quantitative estimate of drug-likeness (QED) is 0.682. The SMILES string of the molecule is CCOC(=O)C(C)NC(=O)[C@@H]1CCCO1. The van der Waals surface area contributed by atoms with Crippen LogP contribution < -0.4 is 5.32 Å². The van der Waals surface area contributed by atoms with Gasteiger partial charge in [-0.25, -0.2) is 4.79 Å². The number of esters is 1. The van der Waals surface area contributed by atoms with Gasteiger partial charge in [-0.1, -0.05) is 0 Å². The molecule has 86 valence electrons. The van der Waals surface area contributed by atoms with E-state index in [0.29, 0.717) is 13.2 Å². The second-order valence-corrected chi connectivity index (χ2v) is 3.48. The molecule has 1 fully saturated rings. The van der Waals surface area contributed by atoms with Crippen molar-refractivity contribution in [2.45, 2.75) is 38.8 Å². The zero-order chi connectivity index (χ0) is 11.3. The molecular weight excluding hydrogens is 198 g/mol. The third kappa shape index (κ3) is 3.51. The summed E-state index contributed by atoms with van der Waals surface area (Å²) in [7, 11) is 0. The first-order valence-corrected chi connectivity index (χ1v) is 5.23. The Labute approximate surface area is 89.1 Å². The highest BCUT2D eigenvalue weighted by Gasteiger charge is 2.26. The number of carbonyl (C=O) groups excluding carboxylic acids is 2. The van der Waals surface area contributed by atoms with Gasteiger partial charge in [-0.05, 0) is 26.7 Å². The molecule has 1 amide bonds. The first-order valence-electron chi connectivity index (χ1n) is 5.23. The Bertz CT molecular complexity index is 236. The van der Waals surface area contributed by atoms with Crippen LogP contribution in [-0.4, -0.2) is 37.2 Å². The van der Waals surface area contributed by atoms with Crippen LogP contribution in [-0.2, 0) is 19.1 Å². The fraction of sp³-hybridized carbons (Fsp3) is 0.800. The van der Waals surface area contributed by atoms with Gasteiger partial charge in [0.1, 0.15) is 12.1 Å². The normalized spacial score (nSPS) is 22.1. The largest absolute Gasteiger partial charge is 0.464 e. The van der Waals surface area contributed by atoms with Crippen LogP contribution >= 0.6 is 0 Å². The lowest BCUT2D eigenvalue weighted by atomic mass is 10.2. The van der Waals surface area contributed by atoms with Crippen molar-refractivity contribution in [2.24, 2.45) is 0 Å². The third-order valence-electron chi connectivity index (χ3n) is 2.22. The van der Waals surface area contributed by atoms with Crippen LogP contribution in [0.4, 0.5) is 0 Å². The van der Waals surface area contributed by atoms with Crippen LogP contribution in [0.25, 0.3) is 0 Å². The van der Waals surface area contributed by atoms with E-state index in [0.717, 1.165) is 12.8 Å². The Morgan fingerprint density at radius 1 is 1.60 bits per heavy atom. The number of rotatable bonds is 4. The zero-order valence-electron chi connectivity index (χ0n) is 9.12. The molecule has 0 spiro atoms. The molecule has 5 nitrogen and oxygen atoms in total. The zero-order valence-corrected chi connectivity index (χ0v) is 9.12. The Morgan fingerprint density at radius 2 is 2.33 bits per heavy atom. The molecule has 5 heteroatoms. The third-order valence-corrected chi connectivity index (χ3v) is 2.22. The summed E-state index contributed by atoms with van der Waals surface area (Å²) in [5, 5.41) is 2.57. The van der Waals surface area contributed by atoms with Crippen LogP contribution in [0.3, 0.4) is 0 Å². The van der Waals surface area contributed by atoms with Crippen LogP contribution in [0.1, 0.15) is 26.7 Å². The number of ether oxygens (including phenoxy) is 2. The lowest BCUT2D eigenvalue weighted by Gasteiger charge is -2.15. The van der Waals surface area contributed by atoms with E-state index >= 15 is 0 Å². The lowest BCUT2D eigenvalue weighted by molar-refractivity contribution is -0.148. The molecule has 1 saturated heterocycles. The molecule has 2 atom stereocenters. The first-order chi connectivity index (χ1) is 7.15. The highest BCUT2D eigenvalue weighted by atomic mass is 16.5. The van der Waals surface area contributed by atoms with Crippen LogP contribution in [0.2, 0.25) is 0 Å². The van der Waals surface area contributed by atoms with E-state index in [1.165, 1.54) is 0 Å². The van der Waals surface area contributed by atoms with Gasteiger partial charge >= 0.3 is 5.97 Å². The van der Waals surface area contributed by atoms with Crippen LogP contribution in [0.5, 0.6) is 0 Å². The van der Waals surface area contributed by atoms with Gasteiger partial charge in [-0.3, -0.25) is 4.79 Å². The van der Waals surface area contributed by atoms with E-state index in [9.17, 15) is 9.59 Å². The average molecular weight is 215 g/mol. The Hall–Kier alpha value is -1.10. The van der Waals surface area contributed by atoms with Crippen LogP contribution in [0, 0.1) is 0 Å². The standard InChI is InChI=1S/C10H17NO4/c1-3-14-10(13)7(2)11-9(12)8-5-4-6-15-8/h7-8H,3-6H2,1-2H3,(H,11,12)/t7?,8-/m0/s1. The summed E-state index contributed by atoms with van der Waals surface area (Å²) in [4.78, 5) is 22.7. The number of nitrogens with one attached hydrogen (secondary N) is 1. The van der Waals surface area contributed by atoms with Crippen molar-refractivity contribution in [3.05, 3.63) is 0 Å². The maximum Gasteiger partial charge on any atom is 0.328 e. The molecule has 1 rings (SSSR count). The molecule has 0 aliphatic carbocycles. The minimum atomic E-state index is -0.610. The van der Waals surface area contributed by atoms with Gasteiger partial charge in [-0.15, -0.1) is 0 Å². The molecule has 15 heavy (non-hydrogen) atoms. The van der Waals surface area contributed by atoms with E-state index in [1.807, 2.05) is 0 Å². The van der Waals surface area contributed by atoms with Gasteiger partial charge in [0, 0.05) is 6.61 Å². The van der Waals surface area contributed by atoms with Gasteiger partial charge in [-0.2, -0.15) is 0 Å². The van der Waals surface area contributed by atoms with E-state index in [4.69, 9.17) is 9.47 Å². The summed E-state index contributed by atoms with van der Waals surface area (Å²) in [6.07, 6.45) is 1.22. The van der Waals surface area contributed by atoms with Crippen molar-refractivity contribution < 1.29 is 19.1 Å². The Morgan fingerprint density at radius 3 is 2.87 bits per heavy atom. The molecule has 1 aliphatic heterocycles. The molecule has 1 aliphatic rings. The molecule has 1 unspecified atom stereocenters. The highest BCUT2D eigenvalue weighted by Crippen LogP contribution is 2.11. The molecule has 0 aromatic carbocycles. The molecular formula is C10H17NO4. The Balaban J connectivity index is 2.33. The molecule has 0 saturated carbocycles. The van der Waals surface area contributed by atoms with Crippen molar-refractivity contribution in [1.82, 2.24) is 5.32 Å². The van der Waals surface area contributed by atoms with Crippen molar-refractivity contribution in [1.29, 1.82) is 0 Å². The van der Waals surface area contributed by atoms with Gasteiger partial charge in [0.05, 0.1) is 6.61 Å². The first kappa shape index (κ1) is 12.0. The molecule has 0 aromatic rings. The van der Waals surface area contributed by atoms with E-state index in [2.05, 4.69) is 5.32 Å². The summed E-state index contributed by atoms with van der Waals surface area (Å²) >= 11 is 0. The maximum absolute atomic E-state index is 11.5. The fourth-order valence-electron chi connectivity index (χ4n) is 1.42. The smallest absolute Gasteiger partial charge is 0.328 e. The molecule has 1 heterocycles. The van der Waals surface area contributed by atoms with Gasteiger partial charge < -0.3 is 14.8 Å². The summed E-state index contributed by atoms with van der Waals surface area (Å²) < 4.78 is 9.96. The lowest BCUT2D eigenvalue weighted by Crippen LogP contribution is -2.44. The average Bonchev–Trinajstić information content (AvgIpc) is 2.70. The van der Waals surface area contributed by atoms with Crippen molar-refractivity contribution >= 4 is 11.9 Å². The number of hydrogen-bond donors (Lipinski definition) is 1. The minimum Gasteiger partial charge on any atom is -0.464 e. The van der Waals surface area contributed by atoms with Gasteiger partial charge in [0.25, 0.3) is 0 Å². The summed E-state index contributed by atoms with van der Waals surface area (Å²) in [6.45, 7) is 4.27. The van der Waals surface area contributed by atoms with E-state index < -0.39 is 18.1 Å². The van der Waals surface area contributed by atoms with E-state index in [-0.39, 0.29) is 5.91 Å². The van der Waals surface area contributed by atoms with E-state index in [1.54, 1.807) is 13.8 Å². The van der Waals surface area contributed by atoms with Gasteiger partial charge in [0.15, 0.2) is 0 Å². The topological polar surface area (TPSA) is 64.6 Å². The second kappa shape index (κ2) is 5.70. The molecule has 0 bridgehead atoms. The summed E-state index contributed by atoms with van der Waals surface area (Å²) in [6, 6.07) is -0.610. The summed E-state index contributed by atoms with van der Waals surface area (Å²) in [5.74, 6) is -0.642. The number of amides is 1. The fourth-order valence-corrected chi connectivity index (χ4v) is 1.42. The van der Waals surface area contributed by atoms with Crippen molar-refractivity contribution in [3.8, 4) is 0 Å². The predicted octanol–water partition coefficient (Wildman–Crippen LogP) is 0.233. The Kier molecular flexibility index (Phi) is 4.55. The van der Waals surface area contributed by atoms with Gasteiger partial charge in [0.2, 0.25) is 5.91 Å². The number of hydrogen-bond acceptors (Lipinski definition) is 4. The van der Waals surface area contributed by atoms with Crippen molar-refractivity contribution in [2.75, 3.05) is 13.2 Å². The van der Waals surface area contributed by atoms with Crippen LogP contribution in [0.15, 0.2) is 0 Å². The molecule has 0 aromatic heterocycles. The molecule has 0 radical (unpaired) electrons. The summed E-state index contributed by atoms with van der Waals surface area (Å²) in [5.41, 5.74) is 0. The highest BCUT2D eigenvalue weighted by molar-refractivity contribution is 5.86. The van der Waals surface area contributed by atoms with Crippen molar-refractivity contribution in [3.63, 3.8) is 0 Å². The predicted molar refractivity (Wildman–Crippen MR) is 53.2 cm³/mol. The number of carbonyl (C=O) groups is 2. The minimum absolute atomic E-state index is 0.229. The maximum atomic E-state index is 11.5. The second-order valence-electron chi connectivity index (χ2n) is 3.48. The molecule has 1 N–H and O–H groups in total. The monoisotopic (exact) mass is 215 g/mol.